The first-order chi connectivity index (χ1) is 7.56. The molecular formula is C12H17N3S. The minimum atomic E-state index is 0.305. The van der Waals surface area contributed by atoms with Crippen LogP contribution in [0.1, 0.15) is 28.3 Å². The standard InChI is InChI=1S/C12H17N3S/c1-8-7-11(10(3)16-8)9(2)13-12-5-6-15(4)14-12/h5-7,9H,1-4H3,(H,13,14). The molecule has 86 valence electrons. The molecule has 0 spiro atoms. The Morgan fingerprint density at radius 3 is 2.69 bits per heavy atom. The summed E-state index contributed by atoms with van der Waals surface area (Å²) in [4.78, 5) is 2.75. The average Bonchev–Trinajstić information content (AvgIpc) is 2.73. The van der Waals surface area contributed by atoms with Crippen LogP contribution in [0.15, 0.2) is 18.3 Å². The van der Waals surface area contributed by atoms with Crippen molar-refractivity contribution in [2.45, 2.75) is 26.8 Å². The number of hydrogen-bond acceptors (Lipinski definition) is 3. The molecule has 2 heterocycles. The van der Waals surface area contributed by atoms with Gasteiger partial charge in [0.1, 0.15) is 5.82 Å². The van der Waals surface area contributed by atoms with Crippen molar-refractivity contribution < 1.29 is 0 Å². The maximum absolute atomic E-state index is 4.32. The van der Waals surface area contributed by atoms with Crippen molar-refractivity contribution in [1.29, 1.82) is 0 Å². The Morgan fingerprint density at radius 2 is 2.19 bits per heavy atom. The van der Waals surface area contributed by atoms with Gasteiger partial charge in [0, 0.05) is 29.1 Å². The number of aryl methyl sites for hydroxylation is 3. The fourth-order valence-corrected chi connectivity index (χ4v) is 2.89. The maximum atomic E-state index is 4.32. The molecule has 4 heteroatoms. The number of rotatable bonds is 3. The molecular weight excluding hydrogens is 218 g/mol. The Balaban J connectivity index is 2.14. The molecule has 0 fully saturated rings. The Hall–Kier alpha value is -1.29. The Labute approximate surface area is 100 Å². The van der Waals surface area contributed by atoms with Crippen LogP contribution in [0.2, 0.25) is 0 Å². The van der Waals surface area contributed by atoms with Crippen LogP contribution < -0.4 is 5.32 Å². The highest BCUT2D eigenvalue weighted by molar-refractivity contribution is 7.12. The van der Waals surface area contributed by atoms with E-state index in [1.807, 2.05) is 30.6 Å². The minimum Gasteiger partial charge on any atom is -0.362 e. The number of hydrogen-bond donors (Lipinski definition) is 1. The van der Waals surface area contributed by atoms with Gasteiger partial charge < -0.3 is 5.32 Å². The van der Waals surface area contributed by atoms with Crippen LogP contribution in [-0.2, 0) is 7.05 Å². The van der Waals surface area contributed by atoms with E-state index in [0.717, 1.165) is 5.82 Å². The summed E-state index contributed by atoms with van der Waals surface area (Å²) >= 11 is 1.85. The van der Waals surface area contributed by atoms with Gasteiger partial charge in [-0.25, -0.2) is 0 Å². The van der Waals surface area contributed by atoms with Gasteiger partial charge in [-0.1, -0.05) is 0 Å². The molecule has 2 aromatic heterocycles. The number of anilines is 1. The third-order valence-electron chi connectivity index (χ3n) is 2.62. The monoisotopic (exact) mass is 235 g/mol. The van der Waals surface area contributed by atoms with Gasteiger partial charge in [0.25, 0.3) is 0 Å². The predicted octanol–water partition coefficient (Wildman–Crippen LogP) is 3.27. The van der Waals surface area contributed by atoms with Crippen molar-refractivity contribution in [2.24, 2.45) is 7.05 Å². The molecule has 0 saturated carbocycles. The molecule has 0 amide bonds. The molecule has 0 aliphatic rings. The van der Waals surface area contributed by atoms with Gasteiger partial charge in [-0.15, -0.1) is 11.3 Å². The molecule has 0 aromatic carbocycles. The van der Waals surface area contributed by atoms with Crippen LogP contribution in [-0.4, -0.2) is 9.78 Å². The van der Waals surface area contributed by atoms with Crippen molar-refractivity contribution >= 4 is 17.2 Å². The van der Waals surface area contributed by atoms with Gasteiger partial charge >= 0.3 is 0 Å². The van der Waals surface area contributed by atoms with E-state index in [2.05, 4.69) is 37.3 Å². The summed E-state index contributed by atoms with van der Waals surface area (Å²) in [5.41, 5.74) is 1.37. The van der Waals surface area contributed by atoms with Crippen LogP contribution in [0.4, 0.5) is 5.82 Å². The second-order valence-corrected chi connectivity index (χ2v) is 5.57. The number of aromatic nitrogens is 2. The minimum absolute atomic E-state index is 0.305. The fourth-order valence-electron chi connectivity index (χ4n) is 1.87. The zero-order chi connectivity index (χ0) is 11.7. The van der Waals surface area contributed by atoms with Crippen molar-refractivity contribution in [2.75, 3.05) is 5.32 Å². The molecule has 2 rings (SSSR count). The molecule has 0 radical (unpaired) electrons. The summed E-state index contributed by atoms with van der Waals surface area (Å²) in [5, 5.41) is 7.73. The van der Waals surface area contributed by atoms with E-state index in [1.165, 1.54) is 15.3 Å². The van der Waals surface area contributed by atoms with E-state index in [4.69, 9.17) is 0 Å². The predicted molar refractivity (Wildman–Crippen MR) is 69.0 cm³/mol. The van der Waals surface area contributed by atoms with Crippen LogP contribution >= 0.6 is 11.3 Å². The van der Waals surface area contributed by atoms with Gasteiger partial charge in [-0.2, -0.15) is 5.10 Å². The van der Waals surface area contributed by atoms with Crippen LogP contribution in [0.5, 0.6) is 0 Å². The fraction of sp³-hybridized carbons (Fsp3) is 0.417. The van der Waals surface area contributed by atoms with Gasteiger partial charge in [0.05, 0.1) is 6.04 Å². The first kappa shape index (κ1) is 11.2. The number of nitrogens with zero attached hydrogens (tertiary/aromatic N) is 2. The molecule has 16 heavy (non-hydrogen) atoms. The SMILES string of the molecule is Cc1cc(C(C)Nc2ccn(C)n2)c(C)s1. The highest BCUT2D eigenvalue weighted by Gasteiger charge is 2.11. The van der Waals surface area contributed by atoms with Crippen molar-refractivity contribution in [3.63, 3.8) is 0 Å². The molecule has 0 bridgehead atoms. The molecule has 0 aliphatic carbocycles. The first-order valence-electron chi connectivity index (χ1n) is 5.39. The molecule has 1 unspecified atom stereocenters. The van der Waals surface area contributed by atoms with Gasteiger partial charge in [-0.05, 0) is 32.4 Å². The zero-order valence-corrected chi connectivity index (χ0v) is 10.9. The lowest BCUT2D eigenvalue weighted by molar-refractivity contribution is 0.760. The summed E-state index contributed by atoms with van der Waals surface area (Å²) in [6.45, 7) is 6.49. The van der Waals surface area contributed by atoms with Crippen LogP contribution in [0.25, 0.3) is 0 Å². The summed E-state index contributed by atoms with van der Waals surface area (Å²) in [7, 11) is 1.93. The smallest absolute Gasteiger partial charge is 0.148 e. The van der Waals surface area contributed by atoms with E-state index in [1.54, 1.807) is 4.68 Å². The van der Waals surface area contributed by atoms with Gasteiger partial charge in [0.2, 0.25) is 0 Å². The average molecular weight is 235 g/mol. The number of nitrogens with one attached hydrogen (secondary N) is 1. The van der Waals surface area contributed by atoms with Gasteiger partial charge in [-0.3, -0.25) is 4.68 Å². The lowest BCUT2D eigenvalue weighted by Crippen LogP contribution is -2.07. The van der Waals surface area contributed by atoms with Crippen molar-refractivity contribution in [3.8, 4) is 0 Å². The highest BCUT2D eigenvalue weighted by Crippen LogP contribution is 2.27. The van der Waals surface area contributed by atoms with E-state index >= 15 is 0 Å². The van der Waals surface area contributed by atoms with E-state index in [9.17, 15) is 0 Å². The Morgan fingerprint density at radius 1 is 1.44 bits per heavy atom. The molecule has 1 atom stereocenters. The molecule has 1 N–H and O–H groups in total. The second kappa shape index (κ2) is 4.29. The van der Waals surface area contributed by atoms with Crippen molar-refractivity contribution in [1.82, 2.24) is 9.78 Å². The Kier molecular flexibility index (Phi) is 3.01. The quantitative estimate of drug-likeness (QED) is 0.885. The third kappa shape index (κ3) is 2.27. The van der Waals surface area contributed by atoms with Crippen molar-refractivity contribution in [3.05, 3.63) is 33.6 Å². The highest BCUT2D eigenvalue weighted by atomic mass is 32.1. The lowest BCUT2D eigenvalue weighted by atomic mass is 10.1. The first-order valence-corrected chi connectivity index (χ1v) is 6.21. The summed E-state index contributed by atoms with van der Waals surface area (Å²) < 4.78 is 1.81. The van der Waals surface area contributed by atoms with E-state index in [0.29, 0.717) is 6.04 Å². The number of thiophene rings is 1. The molecule has 0 aliphatic heterocycles. The maximum Gasteiger partial charge on any atom is 0.148 e. The molecule has 0 saturated heterocycles. The normalized spacial score (nSPS) is 12.8. The summed E-state index contributed by atoms with van der Waals surface area (Å²) in [6.07, 6.45) is 1.95. The molecule has 3 nitrogen and oxygen atoms in total. The summed E-state index contributed by atoms with van der Waals surface area (Å²) in [5.74, 6) is 0.929. The lowest BCUT2D eigenvalue weighted by Gasteiger charge is -2.12. The third-order valence-corrected chi connectivity index (χ3v) is 3.61. The summed E-state index contributed by atoms with van der Waals surface area (Å²) in [6, 6.07) is 4.55. The van der Waals surface area contributed by atoms with Crippen LogP contribution in [0, 0.1) is 13.8 Å². The topological polar surface area (TPSA) is 29.9 Å². The molecule has 2 aromatic rings. The largest absolute Gasteiger partial charge is 0.362 e. The van der Waals surface area contributed by atoms with Crippen LogP contribution in [0.3, 0.4) is 0 Å². The van der Waals surface area contributed by atoms with E-state index in [-0.39, 0.29) is 0 Å². The van der Waals surface area contributed by atoms with Gasteiger partial charge in [0.15, 0.2) is 0 Å². The zero-order valence-electron chi connectivity index (χ0n) is 10.1. The Bertz CT molecular complexity index is 484. The second-order valence-electron chi connectivity index (χ2n) is 4.11. The van der Waals surface area contributed by atoms with E-state index < -0.39 is 0 Å².